The Bertz CT molecular complexity index is 789. The van der Waals surface area contributed by atoms with E-state index in [4.69, 9.17) is 4.74 Å². The summed E-state index contributed by atoms with van der Waals surface area (Å²) < 4.78 is 5.50. The third-order valence-electron chi connectivity index (χ3n) is 5.94. The Hall–Kier alpha value is -2.51. The molecule has 27 heavy (non-hydrogen) atoms. The van der Waals surface area contributed by atoms with E-state index in [1.54, 1.807) is 19.5 Å². The van der Waals surface area contributed by atoms with Crippen molar-refractivity contribution in [3.63, 3.8) is 0 Å². The zero-order chi connectivity index (χ0) is 18.9. The predicted octanol–water partition coefficient (Wildman–Crippen LogP) is 2.22. The molecule has 4 rings (SSSR count). The number of nitrogens with zero attached hydrogens (tertiary/aromatic N) is 3. The summed E-state index contributed by atoms with van der Waals surface area (Å²) in [6, 6.07) is 9.64. The second-order valence-corrected chi connectivity index (χ2v) is 7.29. The van der Waals surface area contributed by atoms with E-state index in [1.807, 2.05) is 35.2 Å². The zero-order valence-corrected chi connectivity index (χ0v) is 15.3. The number of likely N-dealkylation sites (tertiary alicyclic amines) is 1. The number of amides is 1. The lowest BCUT2D eigenvalue weighted by Gasteiger charge is -2.56. The molecule has 1 saturated heterocycles. The number of anilines is 2. The van der Waals surface area contributed by atoms with Crippen molar-refractivity contribution in [1.29, 1.82) is 0 Å². The van der Waals surface area contributed by atoms with Gasteiger partial charge in [0.25, 0.3) is 5.91 Å². The Balaban J connectivity index is 1.37. The molecule has 1 amide bonds. The van der Waals surface area contributed by atoms with Crippen molar-refractivity contribution < 1.29 is 14.6 Å². The highest BCUT2D eigenvalue weighted by Gasteiger charge is 2.56. The molecule has 7 heteroatoms. The van der Waals surface area contributed by atoms with Crippen molar-refractivity contribution in [3.05, 3.63) is 48.3 Å². The molecule has 2 aliphatic rings. The molecule has 0 bridgehead atoms. The minimum absolute atomic E-state index is 0.0705. The van der Waals surface area contributed by atoms with Gasteiger partial charge in [-0.3, -0.25) is 4.79 Å². The number of aromatic nitrogens is 2. The Morgan fingerprint density at radius 3 is 2.48 bits per heavy atom. The first kappa shape index (κ1) is 17.9. The van der Waals surface area contributed by atoms with Gasteiger partial charge in [0.05, 0.1) is 17.8 Å². The summed E-state index contributed by atoms with van der Waals surface area (Å²) in [5.41, 5.74) is 1.18. The first-order valence-corrected chi connectivity index (χ1v) is 9.26. The maximum absolute atomic E-state index is 12.8. The van der Waals surface area contributed by atoms with Gasteiger partial charge < -0.3 is 20.1 Å². The van der Waals surface area contributed by atoms with Gasteiger partial charge in [-0.15, -0.1) is 0 Å². The summed E-state index contributed by atoms with van der Waals surface area (Å²) in [6.45, 7) is 1.22. The van der Waals surface area contributed by atoms with Crippen molar-refractivity contribution in [2.75, 3.05) is 25.5 Å². The number of carbonyl (C=O) groups is 1. The van der Waals surface area contributed by atoms with Gasteiger partial charge in [0, 0.05) is 50.1 Å². The molecule has 2 fully saturated rings. The molecule has 0 radical (unpaired) electrons. The summed E-state index contributed by atoms with van der Waals surface area (Å²) in [5, 5.41) is 13.3. The number of hydrogen-bond donors (Lipinski definition) is 2. The van der Waals surface area contributed by atoms with Crippen LogP contribution in [-0.4, -0.2) is 58.3 Å². The standard InChI is InChI=1S/C20H24N4O3/c1-27-17-11-16(25)20(17)7-9-24(10-8-20)18(26)14-12-21-19(22-13-14)23-15-5-3-2-4-6-15/h2-6,12-13,16-17,25H,7-11H2,1H3,(H,21,22,23)/t16-,17+/m0/s1. The summed E-state index contributed by atoms with van der Waals surface area (Å²) in [4.78, 5) is 23.1. The maximum atomic E-state index is 12.8. The number of hydrogen-bond acceptors (Lipinski definition) is 6. The van der Waals surface area contributed by atoms with E-state index in [2.05, 4.69) is 15.3 Å². The largest absolute Gasteiger partial charge is 0.392 e. The zero-order valence-electron chi connectivity index (χ0n) is 15.3. The van der Waals surface area contributed by atoms with Gasteiger partial charge in [0.1, 0.15) is 0 Å². The molecule has 1 saturated carbocycles. The van der Waals surface area contributed by atoms with Gasteiger partial charge in [0.15, 0.2) is 0 Å². The van der Waals surface area contributed by atoms with Crippen LogP contribution in [0.4, 0.5) is 11.6 Å². The van der Waals surface area contributed by atoms with Crippen LogP contribution in [0.15, 0.2) is 42.7 Å². The van der Waals surface area contributed by atoms with Crippen LogP contribution >= 0.6 is 0 Å². The molecule has 2 heterocycles. The van der Waals surface area contributed by atoms with E-state index in [1.165, 1.54) is 0 Å². The lowest BCUT2D eigenvalue weighted by Crippen LogP contribution is -2.62. The van der Waals surface area contributed by atoms with E-state index in [0.29, 0.717) is 31.0 Å². The van der Waals surface area contributed by atoms with Gasteiger partial charge in [-0.1, -0.05) is 18.2 Å². The fourth-order valence-corrected chi connectivity index (χ4v) is 4.17. The summed E-state index contributed by atoms with van der Waals surface area (Å²) in [6.07, 6.45) is 5.08. The second-order valence-electron chi connectivity index (χ2n) is 7.29. The minimum atomic E-state index is -0.327. The van der Waals surface area contributed by atoms with Crippen molar-refractivity contribution in [3.8, 4) is 0 Å². The SMILES string of the molecule is CO[C@@H]1C[C@H](O)C12CCN(C(=O)c1cnc(Nc3ccccc3)nc1)CC2. The van der Waals surface area contributed by atoms with E-state index >= 15 is 0 Å². The molecule has 2 atom stereocenters. The van der Waals surface area contributed by atoms with Gasteiger partial charge >= 0.3 is 0 Å². The number of piperidine rings is 1. The molecular weight excluding hydrogens is 344 g/mol. The predicted molar refractivity (Wildman–Crippen MR) is 101 cm³/mol. The fraction of sp³-hybridized carbons (Fsp3) is 0.450. The molecule has 2 N–H and O–H groups in total. The lowest BCUT2D eigenvalue weighted by molar-refractivity contribution is -0.199. The number of nitrogens with one attached hydrogen (secondary N) is 1. The number of benzene rings is 1. The van der Waals surface area contributed by atoms with Crippen LogP contribution in [0.25, 0.3) is 0 Å². The normalized spacial score (nSPS) is 23.7. The van der Waals surface area contributed by atoms with Crippen LogP contribution < -0.4 is 5.32 Å². The smallest absolute Gasteiger partial charge is 0.256 e. The number of rotatable bonds is 4. The Morgan fingerprint density at radius 2 is 1.89 bits per heavy atom. The van der Waals surface area contributed by atoms with Crippen LogP contribution in [-0.2, 0) is 4.74 Å². The number of carbonyl (C=O) groups excluding carboxylic acids is 1. The highest BCUT2D eigenvalue weighted by molar-refractivity contribution is 5.93. The van der Waals surface area contributed by atoms with Gasteiger partial charge in [-0.25, -0.2) is 9.97 Å². The monoisotopic (exact) mass is 368 g/mol. The van der Waals surface area contributed by atoms with Gasteiger partial charge in [-0.2, -0.15) is 0 Å². The topological polar surface area (TPSA) is 87.6 Å². The van der Waals surface area contributed by atoms with Crippen molar-refractivity contribution >= 4 is 17.5 Å². The van der Waals surface area contributed by atoms with E-state index in [0.717, 1.165) is 18.5 Å². The maximum Gasteiger partial charge on any atom is 0.256 e. The molecule has 0 unspecified atom stereocenters. The van der Waals surface area contributed by atoms with Crippen molar-refractivity contribution in [2.45, 2.75) is 31.5 Å². The minimum Gasteiger partial charge on any atom is -0.392 e. The number of para-hydroxylation sites is 1. The van der Waals surface area contributed by atoms with E-state index < -0.39 is 0 Å². The summed E-state index contributed by atoms with van der Waals surface area (Å²) in [5.74, 6) is 0.384. The Morgan fingerprint density at radius 1 is 1.22 bits per heavy atom. The second kappa shape index (κ2) is 7.25. The molecule has 1 aromatic heterocycles. The highest BCUT2D eigenvalue weighted by Crippen LogP contribution is 2.50. The quantitative estimate of drug-likeness (QED) is 0.860. The van der Waals surface area contributed by atoms with E-state index in [9.17, 15) is 9.90 Å². The van der Waals surface area contributed by atoms with Gasteiger partial charge in [-0.05, 0) is 25.0 Å². The molecule has 1 aliphatic heterocycles. The number of methoxy groups -OCH3 is 1. The molecule has 1 aromatic carbocycles. The third-order valence-corrected chi connectivity index (χ3v) is 5.94. The third kappa shape index (κ3) is 3.28. The molecular formula is C20H24N4O3. The van der Waals surface area contributed by atoms with Crippen LogP contribution in [0.1, 0.15) is 29.6 Å². The fourth-order valence-electron chi connectivity index (χ4n) is 4.17. The van der Waals surface area contributed by atoms with Crippen LogP contribution in [0.2, 0.25) is 0 Å². The van der Waals surface area contributed by atoms with Crippen LogP contribution in [0.3, 0.4) is 0 Å². The first-order chi connectivity index (χ1) is 13.1. The molecule has 1 spiro atoms. The molecule has 7 nitrogen and oxygen atoms in total. The van der Waals surface area contributed by atoms with Gasteiger partial charge in [0.2, 0.25) is 5.95 Å². The Kier molecular flexibility index (Phi) is 4.80. The number of ether oxygens (including phenoxy) is 1. The van der Waals surface area contributed by atoms with Crippen molar-refractivity contribution in [2.24, 2.45) is 5.41 Å². The first-order valence-electron chi connectivity index (χ1n) is 9.26. The van der Waals surface area contributed by atoms with Crippen LogP contribution in [0, 0.1) is 5.41 Å². The highest BCUT2D eigenvalue weighted by atomic mass is 16.5. The van der Waals surface area contributed by atoms with Crippen LogP contribution in [0.5, 0.6) is 0 Å². The summed E-state index contributed by atoms with van der Waals surface area (Å²) in [7, 11) is 1.69. The summed E-state index contributed by atoms with van der Waals surface area (Å²) >= 11 is 0. The molecule has 142 valence electrons. The van der Waals surface area contributed by atoms with Crippen molar-refractivity contribution in [1.82, 2.24) is 14.9 Å². The average molecular weight is 368 g/mol. The Labute approximate surface area is 158 Å². The molecule has 1 aliphatic carbocycles. The van der Waals surface area contributed by atoms with E-state index in [-0.39, 0.29) is 23.5 Å². The average Bonchev–Trinajstić information content (AvgIpc) is 2.72. The molecule has 2 aromatic rings. The lowest BCUT2D eigenvalue weighted by atomic mass is 9.58. The number of aliphatic hydroxyl groups is 1. The number of aliphatic hydroxyl groups excluding tert-OH is 1.